The van der Waals surface area contributed by atoms with Gasteiger partial charge in [0.25, 0.3) is 0 Å². The van der Waals surface area contributed by atoms with Crippen molar-refractivity contribution in [2.45, 2.75) is 18.9 Å². The molecule has 2 heterocycles. The van der Waals surface area contributed by atoms with Crippen LogP contribution >= 0.6 is 0 Å². The summed E-state index contributed by atoms with van der Waals surface area (Å²) in [6.07, 6.45) is 1.22. The monoisotopic (exact) mass is 252 g/mol. The van der Waals surface area contributed by atoms with Crippen LogP contribution in [0.2, 0.25) is 0 Å². The lowest BCUT2D eigenvalue weighted by molar-refractivity contribution is 0.0610. The van der Waals surface area contributed by atoms with Crippen LogP contribution in [-0.2, 0) is 6.42 Å². The van der Waals surface area contributed by atoms with Gasteiger partial charge in [0.1, 0.15) is 11.5 Å². The quantitative estimate of drug-likeness (QED) is 0.823. The second kappa shape index (κ2) is 4.79. The molecule has 0 aliphatic carbocycles. The van der Waals surface area contributed by atoms with Gasteiger partial charge >= 0.3 is 0 Å². The van der Waals surface area contributed by atoms with Gasteiger partial charge < -0.3 is 15.4 Å². The molecule has 2 rings (SSSR count). The molecule has 1 unspecified atom stereocenters. The van der Waals surface area contributed by atoms with E-state index in [0.717, 1.165) is 6.20 Å². The Morgan fingerprint density at radius 3 is 2.89 bits per heavy atom. The highest BCUT2D eigenvalue weighted by Gasteiger charge is 2.23. The van der Waals surface area contributed by atoms with Gasteiger partial charge in [0.2, 0.25) is 11.7 Å². The summed E-state index contributed by atoms with van der Waals surface area (Å²) in [5, 5.41) is 13.5. The molecule has 1 atom stereocenters. The van der Waals surface area contributed by atoms with Gasteiger partial charge in [-0.05, 0) is 19.1 Å². The van der Waals surface area contributed by atoms with Crippen LogP contribution in [-0.4, -0.2) is 32.4 Å². The van der Waals surface area contributed by atoms with E-state index in [1.165, 1.54) is 12.1 Å². The predicted octanol–water partition coefficient (Wildman–Crippen LogP) is 0.523. The fourth-order valence-corrected chi connectivity index (χ4v) is 1.34. The molecule has 0 bridgehead atoms. The maximum atomic E-state index is 12.7. The number of nitrogens with two attached hydrogens (primary N) is 1. The predicted molar refractivity (Wildman–Crippen MR) is 60.9 cm³/mol. The Morgan fingerprint density at radius 1 is 1.50 bits per heavy atom. The molecule has 7 heteroatoms. The Morgan fingerprint density at radius 2 is 2.28 bits per heavy atom. The molecule has 0 amide bonds. The first-order valence-electron chi connectivity index (χ1n) is 5.37. The molecule has 0 aliphatic rings. The van der Waals surface area contributed by atoms with Gasteiger partial charge in [-0.25, -0.2) is 9.37 Å². The topological polar surface area (TPSA) is 98.1 Å². The molecule has 0 saturated carbocycles. The van der Waals surface area contributed by atoms with E-state index in [0.29, 0.717) is 5.69 Å². The van der Waals surface area contributed by atoms with E-state index >= 15 is 0 Å². The average molecular weight is 252 g/mol. The Labute approximate surface area is 103 Å². The highest BCUT2D eigenvalue weighted by atomic mass is 19.1. The summed E-state index contributed by atoms with van der Waals surface area (Å²) in [7, 11) is 0. The second-order valence-corrected chi connectivity index (χ2v) is 4.25. The van der Waals surface area contributed by atoms with Crippen molar-refractivity contribution in [2.24, 2.45) is 5.73 Å². The lowest BCUT2D eigenvalue weighted by Gasteiger charge is -2.17. The minimum absolute atomic E-state index is 0.0828. The Bertz CT molecular complexity index is 524. The van der Waals surface area contributed by atoms with Crippen molar-refractivity contribution in [1.82, 2.24) is 15.1 Å². The van der Waals surface area contributed by atoms with Crippen LogP contribution in [0.25, 0.3) is 11.5 Å². The third-order valence-corrected chi connectivity index (χ3v) is 2.40. The summed E-state index contributed by atoms with van der Waals surface area (Å²) in [5.74, 6) is 0.0675. The zero-order valence-corrected chi connectivity index (χ0v) is 9.80. The van der Waals surface area contributed by atoms with Crippen LogP contribution in [0.5, 0.6) is 0 Å². The maximum absolute atomic E-state index is 12.7. The van der Waals surface area contributed by atoms with Crippen molar-refractivity contribution in [3.63, 3.8) is 0 Å². The van der Waals surface area contributed by atoms with Crippen LogP contribution < -0.4 is 5.73 Å². The van der Waals surface area contributed by atoms with Gasteiger partial charge in [0.15, 0.2) is 0 Å². The van der Waals surface area contributed by atoms with E-state index in [-0.39, 0.29) is 24.7 Å². The summed E-state index contributed by atoms with van der Waals surface area (Å²) >= 11 is 0. The van der Waals surface area contributed by atoms with Gasteiger partial charge in [-0.3, -0.25) is 0 Å². The minimum atomic E-state index is -1.10. The first-order valence-corrected chi connectivity index (χ1v) is 5.37. The van der Waals surface area contributed by atoms with Crippen LogP contribution in [0.1, 0.15) is 12.8 Å². The number of aromatic nitrogens is 3. The molecular weight excluding hydrogens is 239 g/mol. The van der Waals surface area contributed by atoms with Crippen molar-refractivity contribution in [3.05, 3.63) is 30.0 Å². The molecule has 0 spiro atoms. The van der Waals surface area contributed by atoms with E-state index in [4.69, 9.17) is 10.3 Å². The van der Waals surface area contributed by atoms with Crippen LogP contribution in [0.4, 0.5) is 4.39 Å². The van der Waals surface area contributed by atoms with Gasteiger partial charge in [-0.2, -0.15) is 4.98 Å². The first kappa shape index (κ1) is 12.6. The normalized spacial score (nSPS) is 14.4. The number of halogens is 1. The summed E-state index contributed by atoms with van der Waals surface area (Å²) in [6.45, 7) is 1.66. The van der Waals surface area contributed by atoms with Gasteiger partial charge in [0, 0.05) is 6.54 Å². The first-order chi connectivity index (χ1) is 8.50. The number of pyridine rings is 1. The van der Waals surface area contributed by atoms with Crippen molar-refractivity contribution >= 4 is 0 Å². The van der Waals surface area contributed by atoms with Gasteiger partial charge in [-0.15, -0.1) is 0 Å². The van der Waals surface area contributed by atoms with Crippen molar-refractivity contribution in [2.75, 3.05) is 6.54 Å². The Kier molecular flexibility index (Phi) is 3.35. The number of hydrogen-bond acceptors (Lipinski definition) is 6. The van der Waals surface area contributed by atoms with Crippen LogP contribution in [0.3, 0.4) is 0 Å². The van der Waals surface area contributed by atoms with E-state index in [9.17, 15) is 9.50 Å². The third-order valence-electron chi connectivity index (χ3n) is 2.40. The van der Waals surface area contributed by atoms with Crippen LogP contribution in [0, 0.1) is 5.82 Å². The van der Waals surface area contributed by atoms with Crippen LogP contribution in [0.15, 0.2) is 22.9 Å². The third kappa shape index (κ3) is 2.88. The molecule has 2 aromatic rings. The van der Waals surface area contributed by atoms with Gasteiger partial charge in [-0.1, -0.05) is 5.16 Å². The van der Waals surface area contributed by atoms with E-state index < -0.39 is 11.4 Å². The highest BCUT2D eigenvalue weighted by molar-refractivity contribution is 5.47. The fraction of sp³-hybridized carbons (Fsp3) is 0.364. The summed E-state index contributed by atoms with van der Waals surface area (Å²) < 4.78 is 17.7. The average Bonchev–Trinajstić information content (AvgIpc) is 2.78. The van der Waals surface area contributed by atoms with Crippen molar-refractivity contribution in [3.8, 4) is 11.5 Å². The van der Waals surface area contributed by atoms with Gasteiger partial charge in [0.05, 0.1) is 18.2 Å². The van der Waals surface area contributed by atoms with Crippen molar-refractivity contribution in [1.29, 1.82) is 0 Å². The zero-order chi connectivity index (χ0) is 13.2. The molecule has 96 valence electrons. The molecule has 18 heavy (non-hydrogen) atoms. The van der Waals surface area contributed by atoms with E-state index in [1.807, 2.05) is 0 Å². The molecule has 0 aromatic carbocycles. The molecule has 0 fully saturated rings. The number of nitrogens with zero attached hydrogens (tertiary/aromatic N) is 3. The molecule has 0 aliphatic heterocycles. The zero-order valence-electron chi connectivity index (χ0n) is 9.80. The second-order valence-electron chi connectivity index (χ2n) is 4.25. The summed E-state index contributed by atoms with van der Waals surface area (Å²) in [4.78, 5) is 7.90. The van der Waals surface area contributed by atoms with Crippen molar-refractivity contribution < 1.29 is 14.0 Å². The minimum Gasteiger partial charge on any atom is -0.388 e. The summed E-state index contributed by atoms with van der Waals surface area (Å²) in [6, 6.07) is 2.71. The molecular formula is C11H13FN4O2. The fourth-order valence-electron chi connectivity index (χ4n) is 1.34. The van der Waals surface area contributed by atoms with E-state index in [2.05, 4.69) is 15.1 Å². The lowest BCUT2D eigenvalue weighted by atomic mass is 10.0. The Hall–Kier alpha value is -1.86. The molecule has 6 nitrogen and oxygen atoms in total. The maximum Gasteiger partial charge on any atom is 0.229 e. The van der Waals surface area contributed by atoms with E-state index in [1.54, 1.807) is 6.92 Å². The molecule has 2 aromatic heterocycles. The highest BCUT2D eigenvalue weighted by Crippen LogP contribution is 2.16. The largest absolute Gasteiger partial charge is 0.388 e. The smallest absolute Gasteiger partial charge is 0.229 e. The molecule has 3 N–H and O–H groups in total. The molecule has 0 radical (unpaired) electrons. The Balaban J connectivity index is 2.18. The molecule has 0 saturated heterocycles. The number of hydrogen-bond donors (Lipinski definition) is 2. The standard InChI is InChI=1S/C11H13FN4O2/c1-11(17,6-13)4-9-15-10(16-18-9)8-3-2-7(12)5-14-8/h2-3,5,17H,4,6,13H2,1H3. The summed E-state index contributed by atoms with van der Waals surface area (Å²) in [5.41, 5.74) is 4.70. The lowest BCUT2D eigenvalue weighted by Crippen LogP contribution is -2.36. The number of aliphatic hydroxyl groups is 1. The number of rotatable bonds is 4. The SMILES string of the molecule is CC(O)(CN)Cc1nc(-c2ccc(F)cn2)no1.